The molecule has 10 heteroatoms. The third-order valence-electron chi connectivity index (χ3n) is 4.88. The van der Waals surface area contributed by atoms with Gasteiger partial charge in [0.2, 0.25) is 0 Å². The fourth-order valence-electron chi connectivity index (χ4n) is 3.24. The minimum atomic E-state index is -0.655. The van der Waals surface area contributed by atoms with E-state index >= 15 is 0 Å². The van der Waals surface area contributed by atoms with Crippen LogP contribution >= 0.6 is 23.2 Å². The van der Waals surface area contributed by atoms with E-state index in [0.29, 0.717) is 27.3 Å². The minimum Gasteiger partial charge on any atom is -0.338 e. The molecule has 0 atom stereocenters. The van der Waals surface area contributed by atoms with Crippen LogP contribution in [0.25, 0.3) is 0 Å². The summed E-state index contributed by atoms with van der Waals surface area (Å²) in [6.07, 6.45) is 3.45. The molecule has 0 unspecified atom stereocenters. The molecule has 0 spiro atoms. The molecule has 3 aromatic rings. The number of halogens is 2. The maximum atomic E-state index is 12.4. The normalized spacial score (nSPS) is 14.5. The van der Waals surface area contributed by atoms with Crippen molar-refractivity contribution in [1.29, 1.82) is 0 Å². The molecule has 8 nitrogen and oxygen atoms in total. The summed E-state index contributed by atoms with van der Waals surface area (Å²) < 4.78 is 0. The van der Waals surface area contributed by atoms with E-state index in [1.54, 1.807) is 48.5 Å². The van der Waals surface area contributed by atoms with Crippen molar-refractivity contribution in [2.75, 3.05) is 18.0 Å². The number of oxime groups is 1. The quantitative estimate of drug-likeness (QED) is 0.312. The van der Waals surface area contributed by atoms with Crippen LogP contribution in [0.2, 0.25) is 10.0 Å². The number of anilines is 1. The number of hydrogen-bond donors (Lipinski definition) is 0. The number of benzene rings is 2. The van der Waals surface area contributed by atoms with Crippen molar-refractivity contribution in [3.63, 3.8) is 0 Å². The highest BCUT2D eigenvalue weighted by atomic mass is 35.5. The van der Waals surface area contributed by atoms with E-state index in [2.05, 4.69) is 25.5 Å². The molecule has 1 aromatic heterocycles. The van der Waals surface area contributed by atoms with Crippen LogP contribution in [0.15, 0.2) is 53.7 Å². The zero-order valence-electron chi connectivity index (χ0n) is 16.6. The average molecular weight is 459 g/mol. The van der Waals surface area contributed by atoms with Gasteiger partial charge in [-0.25, -0.2) is 4.79 Å². The van der Waals surface area contributed by atoms with Gasteiger partial charge in [-0.05, 0) is 48.7 Å². The molecule has 1 aliphatic heterocycles. The molecule has 0 bridgehead atoms. The monoisotopic (exact) mass is 458 g/mol. The van der Waals surface area contributed by atoms with E-state index in [1.807, 2.05) is 0 Å². The predicted octanol–water partition coefficient (Wildman–Crippen LogP) is 4.23. The zero-order valence-corrected chi connectivity index (χ0v) is 18.1. The first-order valence-electron chi connectivity index (χ1n) is 9.91. The third-order valence-corrected chi connectivity index (χ3v) is 5.46. The van der Waals surface area contributed by atoms with Gasteiger partial charge in [-0.2, -0.15) is 4.80 Å². The van der Waals surface area contributed by atoms with E-state index in [4.69, 9.17) is 28.0 Å². The van der Waals surface area contributed by atoms with Gasteiger partial charge in [0.05, 0.1) is 10.6 Å². The van der Waals surface area contributed by atoms with Crippen LogP contribution < -0.4 is 4.90 Å². The summed E-state index contributed by atoms with van der Waals surface area (Å²) in [6.45, 7) is 2.00. The Morgan fingerprint density at radius 2 is 1.77 bits per heavy atom. The fraction of sp³-hybridized carbons (Fsp3) is 0.286. The lowest BCUT2D eigenvalue weighted by Crippen LogP contribution is -2.30. The highest BCUT2D eigenvalue weighted by Gasteiger charge is 2.18. The number of aromatic nitrogens is 4. The SMILES string of the molecule is O=C(O/N=C(/Cn1nnc(N2CCCCC2)n1)c1ccc(Cl)cc1)c1ccccc1Cl. The number of carbonyl (C=O) groups is 1. The minimum absolute atomic E-state index is 0.165. The summed E-state index contributed by atoms with van der Waals surface area (Å²) in [5.41, 5.74) is 1.39. The molecule has 31 heavy (non-hydrogen) atoms. The van der Waals surface area contributed by atoms with Gasteiger partial charge >= 0.3 is 5.97 Å². The second-order valence-corrected chi connectivity index (χ2v) is 7.91. The largest absolute Gasteiger partial charge is 0.367 e. The molecular weight excluding hydrogens is 439 g/mol. The Balaban J connectivity index is 1.55. The molecule has 1 aliphatic rings. The lowest BCUT2D eigenvalue weighted by atomic mass is 10.1. The molecule has 1 fully saturated rings. The van der Waals surface area contributed by atoms with Crippen LogP contribution in [-0.2, 0) is 11.4 Å². The topological polar surface area (TPSA) is 85.5 Å². The van der Waals surface area contributed by atoms with Gasteiger partial charge in [-0.1, -0.05) is 57.7 Å². The second kappa shape index (κ2) is 9.89. The second-order valence-electron chi connectivity index (χ2n) is 7.07. The Hall–Kier alpha value is -2.97. The molecule has 0 N–H and O–H groups in total. The van der Waals surface area contributed by atoms with Crippen molar-refractivity contribution in [2.45, 2.75) is 25.8 Å². The van der Waals surface area contributed by atoms with Gasteiger partial charge in [0.25, 0.3) is 5.95 Å². The number of nitrogens with zero attached hydrogens (tertiary/aromatic N) is 6. The standard InChI is InChI=1S/C21H20Cl2N6O2/c22-16-10-8-15(9-11-16)19(26-31-20(30)17-6-2-3-7-18(17)23)14-29-25-21(24-27-29)28-12-4-1-5-13-28/h2-3,6-11H,1,4-5,12-14H2/b26-19-. The summed E-state index contributed by atoms with van der Waals surface area (Å²) in [5.74, 6) is -0.0687. The van der Waals surface area contributed by atoms with Gasteiger partial charge in [-0.15, -0.1) is 5.10 Å². The van der Waals surface area contributed by atoms with E-state index in [-0.39, 0.29) is 12.1 Å². The van der Waals surface area contributed by atoms with Gasteiger partial charge in [0, 0.05) is 23.7 Å². The molecule has 0 saturated carbocycles. The van der Waals surface area contributed by atoms with Gasteiger partial charge in [0.1, 0.15) is 12.3 Å². The lowest BCUT2D eigenvalue weighted by molar-refractivity contribution is 0.0515. The third kappa shape index (κ3) is 5.39. The summed E-state index contributed by atoms with van der Waals surface area (Å²) in [5, 5.41) is 17.7. The first-order valence-corrected chi connectivity index (χ1v) is 10.7. The van der Waals surface area contributed by atoms with Crippen molar-refractivity contribution in [2.24, 2.45) is 5.16 Å². The Morgan fingerprint density at radius 1 is 1.03 bits per heavy atom. The molecule has 2 aromatic carbocycles. The molecule has 0 amide bonds. The van der Waals surface area contributed by atoms with E-state index in [1.165, 1.54) is 11.2 Å². The first-order chi connectivity index (χ1) is 15.1. The van der Waals surface area contributed by atoms with Crippen molar-refractivity contribution in [3.8, 4) is 0 Å². The Morgan fingerprint density at radius 3 is 2.52 bits per heavy atom. The molecule has 2 heterocycles. The summed E-state index contributed by atoms with van der Waals surface area (Å²) in [6, 6.07) is 13.7. The number of rotatable bonds is 6. The number of carbonyl (C=O) groups excluding carboxylic acids is 1. The molecule has 160 valence electrons. The van der Waals surface area contributed by atoms with E-state index < -0.39 is 5.97 Å². The van der Waals surface area contributed by atoms with Crippen LogP contribution in [-0.4, -0.2) is 45.0 Å². The predicted molar refractivity (Wildman–Crippen MR) is 119 cm³/mol. The molecular formula is C21H20Cl2N6O2. The van der Waals surface area contributed by atoms with Gasteiger partial charge in [0.15, 0.2) is 0 Å². The summed E-state index contributed by atoms with van der Waals surface area (Å²) in [7, 11) is 0. The van der Waals surface area contributed by atoms with Crippen molar-refractivity contribution in [3.05, 3.63) is 69.7 Å². The average Bonchev–Trinajstić information content (AvgIpc) is 3.26. The maximum absolute atomic E-state index is 12.4. The van der Waals surface area contributed by atoms with Crippen molar-refractivity contribution >= 4 is 40.8 Å². The molecule has 1 saturated heterocycles. The Labute approximate surface area is 189 Å². The van der Waals surface area contributed by atoms with Crippen LogP contribution in [0.3, 0.4) is 0 Å². The smallest absolute Gasteiger partial charge is 0.338 e. The van der Waals surface area contributed by atoms with Crippen LogP contribution in [0.1, 0.15) is 35.2 Å². The first kappa shape index (κ1) is 21.3. The van der Waals surface area contributed by atoms with Crippen LogP contribution in [0.4, 0.5) is 5.95 Å². The fourth-order valence-corrected chi connectivity index (χ4v) is 3.58. The van der Waals surface area contributed by atoms with E-state index in [0.717, 1.165) is 25.9 Å². The highest BCUT2D eigenvalue weighted by molar-refractivity contribution is 6.33. The van der Waals surface area contributed by atoms with Gasteiger partial charge in [-0.3, -0.25) is 0 Å². The van der Waals surface area contributed by atoms with Crippen LogP contribution in [0, 0.1) is 0 Å². The van der Waals surface area contributed by atoms with Crippen molar-refractivity contribution in [1.82, 2.24) is 20.2 Å². The Kier molecular flexibility index (Phi) is 6.79. The molecule has 4 rings (SSSR count). The highest BCUT2D eigenvalue weighted by Crippen LogP contribution is 2.17. The van der Waals surface area contributed by atoms with E-state index in [9.17, 15) is 4.79 Å². The van der Waals surface area contributed by atoms with Crippen LogP contribution in [0.5, 0.6) is 0 Å². The zero-order chi connectivity index (χ0) is 21.6. The molecule has 0 aliphatic carbocycles. The van der Waals surface area contributed by atoms with Gasteiger partial charge < -0.3 is 9.74 Å². The maximum Gasteiger partial charge on any atom is 0.367 e. The number of piperidine rings is 1. The lowest BCUT2D eigenvalue weighted by Gasteiger charge is -2.24. The molecule has 0 radical (unpaired) electrons. The summed E-state index contributed by atoms with van der Waals surface area (Å²) in [4.78, 5) is 21.2. The number of tetrazole rings is 1. The Bertz CT molecular complexity index is 1080. The summed E-state index contributed by atoms with van der Waals surface area (Å²) >= 11 is 12.1. The number of hydrogen-bond acceptors (Lipinski definition) is 7. The van der Waals surface area contributed by atoms with Crippen molar-refractivity contribution < 1.29 is 9.63 Å².